The largest absolute Gasteiger partial charge is 0.455 e. The molecule has 1 aromatic rings. The topological polar surface area (TPSA) is 191 Å². The lowest BCUT2D eigenvalue weighted by atomic mass is 9.39. The maximum Gasteiger partial charge on any atom is 0.409 e. The Morgan fingerprint density at radius 2 is 1.80 bits per heavy atom. The van der Waals surface area contributed by atoms with Crippen molar-refractivity contribution in [3.8, 4) is 0 Å². The number of aryl methyl sites for hydroxylation is 1. The van der Waals surface area contributed by atoms with Crippen molar-refractivity contribution >= 4 is 30.0 Å². The van der Waals surface area contributed by atoms with Gasteiger partial charge in [0.15, 0.2) is 17.5 Å². The molecule has 2 saturated carbocycles. The van der Waals surface area contributed by atoms with Crippen LogP contribution in [0.3, 0.4) is 0 Å². The molecule has 3 fully saturated rings. The Kier molecular flexibility index (Phi) is 12.6. The van der Waals surface area contributed by atoms with Crippen LogP contribution in [0.2, 0.25) is 0 Å². The fourth-order valence-electron chi connectivity index (χ4n) is 9.82. The van der Waals surface area contributed by atoms with Crippen molar-refractivity contribution < 1.29 is 52.8 Å². The highest BCUT2D eigenvalue weighted by molar-refractivity contribution is 5.92. The molecule has 1 aliphatic heterocycles. The van der Waals surface area contributed by atoms with E-state index in [2.05, 4.69) is 11.9 Å². The number of nitrogens with one attached hydrogen (secondary N) is 1. The van der Waals surface area contributed by atoms with Crippen LogP contribution in [0.25, 0.3) is 6.08 Å². The summed E-state index contributed by atoms with van der Waals surface area (Å²) in [5.74, 6) is -1.90. The summed E-state index contributed by atoms with van der Waals surface area (Å²) in [7, 11) is 1.59. The fraction of sp³-hybridized carbons (Fsp3) is 0.683. The molecule has 2 heterocycles. The Bertz CT molecular complexity index is 1750. The SMILES string of the molecule is C=C[C@@]1(C)CC(=O)C2(O)[C@@]3(C)[C@@H](O)CCC(C)(C)[C@@H]3[C@H](OC(=O)NC(C)CC(C)CN(C)C(=O)OCc3cc(=O)oc(C)c3/C=C\C)[C@H](OC(C)=O)[C@@]2(C)O1. The first-order valence-electron chi connectivity index (χ1n) is 19.0. The highest BCUT2D eigenvalue weighted by atomic mass is 16.6. The van der Waals surface area contributed by atoms with E-state index in [4.69, 9.17) is 23.4 Å². The molecule has 2 aliphatic carbocycles. The van der Waals surface area contributed by atoms with Gasteiger partial charge in [-0.2, -0.15) is 0 Å². The number of Topliss-reactive ketones (excluding diaryl/α,β-unsaturated/α-hetero) is 1. The summed E-state index contributed by atoms with van der Waals surface area (Å²) in [6.45, 7) is 20.9. The van der Waals surface area contributed by atoms with Crippen LogP contribution in [-0.2, 0) is 35.1 Å². The fourth-order valence-corrected chi connectivity index (χ4v) is 9.82. The molecule has 1 aromatic heterocycles. The van der Waals surface area contributed by atoms with Gasteiger partial charge >= 0.3 is 23.8 Å². The molecule has 4 rings (SSSR count). The number of aliphatic hydroxyl groups is 2. The van der Waals surface area contributed by atoms with Crippen molar-refractivity contribution in [3.63, 3.8) is 0 Å². The van der Waals surface area contributed by atoms with Gasteiger partial charge in [-0.3, -0.25) is 9.59 Å². The van der Waals surface area contributed by atoms with E-state index in [-0.39, 0.29) is 31.9 Å². The maximum absolute atomic E-state index is 14.2. The highest BCUT2D eigenvalue weighted by Gasteiger charge is 2.82. The lowest BCUT2D eigenvalue weighted by Crippen LogP contribution is -2.87. The summed E-state index contributed by atoms with van der Waals surface area (Å²) in [6, 6.07) is 0.836. The number of carbonyl (C=O) groups excluding carboxylic acids is 4. The minimum absolute atomic E-state index is 0.121. The summed E-state index contributed by atoms with van der Waals surface area (Å²) in [6.07, 6.45) is 0.597. The molecule has 14 nitrogen and oxygen atoms in total. The van der Waals surface area contributed by atoms with E-state index in [0.29, 0.717) is 29.7 Å². The van der Waals surface area contributed by atoms with E-state index in [1.54, 1.807) is 46.9 Å². The van der Waals surface area contributed by atoms with Crippen LogP contribution < -0.4 is 10.9 Å². The smallest absolute Gasteiger partial charge is 0.409 e. The number of ketones is 1. The normalized spacial score (nSPS) is 33.7. The minimum atomic E-state index is -2.35. The molecule has 14 heteroatoms. The number of aliphatic hydroxyl groups excluding tert-OH is 1. The van der Waals surface area contributed by atoms with E-state index < -0.39 is 87.5 Å². The number of carbonyl (C=O) groups is 4. The van der Waals surface area contributed by atoms with E-state index in [1.165, 1.54) is 30.9 Å². The van der Waals surface area contributed by atoms with Gasteiger partial charge in [-0.05, 0) is 65.2 Å². The minimum Gasteiger partial charge on any atom is -0.455 e. The van der Waals surface area contributed by atoms with Crippen LogP contribution in [-0.4, -0.2) is 93.8 Å². The molecule has 3 N–H and O–H groups in total. The van der Waals surface area contributed by atoms with Crippen LogP contribution in [0.15, 0.2) is 34.0 Å². The number of hydrogen-bond acceptors (Lipinski definition) is 12. The molecular formula is C41H60N2O12. The number of nitrogens with zero attached hydrogens (tertiary/aromatic N) is 1. The Morgan fingerprint density at radius 1 is 1.15 bits per heavy atom. The van der Waals surface area contributed by atoms with Crippen molar-refractivity contribution in [2.24, 2.45) is 22.7 Å². The van der Waals surface area contributed by atoms with Gasteiger partial charge in [0, 0.05) is 61.5 Å². The number of allylic oxidation sites excluding steroid dienone is 1. The Labute approximate surface area is 323 Å². The molecule has 3 aliphatic rings. The van der Waals surface area contributed by atoms with Gasteiger partial charge in [0.05, 0.1) is 11.7 Å². The summed E-state index contributed by atoms with van der Waals surface area (Å²) in [4.78, 5) is 67.1. The molecule has 2 amide bonds. The van der Waals surface area contributed by atoms with E-state index in [1.807, 2.05) is 27.7 Å². The van der Waals surface area contributed by atoms with Crippen molar-refractivity contribution in [3.05, 3.63) is 52.1 Å². The zero-order valence-electron chi connectivity index (χ0n) is 34.1. The van der Waals surface area contributed by atoms with E-state index >= 15 is 0 Å². The number of fused-ring (bicyclic) bond motifs is 3. The van der Waals surface area contributed by atoms with Crippen LogP contribution in [0.1, 0.15) is 105 Å². The van der Waals surface area contributed by atoms with Crippen LogP contribution in [0, 0.1) is 29.6 Å². The first-order chi connectivity index (χ1) is 25.4. The van der Waals surface area contributed by atoms with E-state index in [9.17, 15) is 34.2 Å². The van der Waals surface area contributed by atoms with Gasteiger partial charge in [0.25, 0.3) is 0 Å². The zero-order valence-corrected chi connectivity index (χ0v) is 34.1. The lowest BCUT2D eigenvalue weighted by molar-refractivity contribution is -0.369. The standard InChI is InChI=1S/C41H60N2O12/c1-13-15-28-25(5)52-31(47)19-27(28)22-51-36(49)43(12)21-23(3)18-24(4)42-35(48)54-32-33-37(7,8)17-16-29(45)39(33,10)41(50)30(46)20-38(9,14-2)55-40(41,11)34(32)53-26(6)44/h13-15,19,23-24,29,32-34,45,50H,2,16-18,20-22H2,1,3-12H3,(H,42,48)/b15-13-/t23?,24?,29-,32-,33-,34-,38-,39-,40+,41?/m0/s1. The predicted molar refractivity (Wildman–Crippen MR) is 203 cm³/mol. The van der Waals surface area contributed by atoms with Crippen molar-refractivity contribution in [1.82, 2.24) is 10.2 Å². The third-order valence-electron chi connectivity index (χ3n) is 12.2. The van der Waals surface area contributed by atoms with Crippen LogP contribution in [0.4, 0.5) is 9.59 Å². The van der Waals surface area contributed by atoms with Gasteiger partial charge in [-0.25, -0.2) is 14.4 Å². The number of rotatable bonds is 11. The van der Waals surface area contributed by atoms with E-state index in [0.717, 1.165) is 0 Å². The first-order valence-corrected chi connectivity index (χ1v) is 19.0. The highest BCUT2D eigenvalue weighted by Crippen LogP contribution is 2.67. The number of alkyl carbamates (subject to hydrolysis) is 1. The second-order valence-electron chi connectivity index (χ2n) is 17.1. The number of hydrogen-bond donors (Lipinski definition) is 3. The van der Waals surface area contributed by atoms with Crippen molar-refractivity contribution in [2.75, 3.05) is 13.6 Å². The molecule has 0 spiro atoms. The quantitative estimate of drug-likeness (QED) is 0.151. The molecular weight excluding hydrogens is 712 g/mol. The molecule has 55 heavy (non-hydrogen) atoms. The lowest BCUT2D eigenvalue weighted by Gasteiger charge is -2.71. The Balaban J connectivity index is 1.52. The molecule has 10 atom stereocenters. The predicted octanol–water partition coefficient (Wildman–Crippen LogP) is 5.23. The number of esters is 1. The van der Waals surface area contributed by atoms with Crippen LogP contribution >= 0.6 is 0 Å². The second kappa shape index (κ2) is 15.9. The molecule has 1 saturated heterocycles. The molecule has 0 bridgehead atoms. The Morgan fingerprint density at radius 3 is 2.40 bits per heavy atom. The third kappa shape index (κ3) is 8.00. The monoisotopic (exact) mass is 772 g/mol. The summed E-state index contributed by atoms with van der Waals surface area (Å²) < 4.78 is 29.3. The van der Waals surface area contributed by atoms with Gasteiger partial charge in [0.2, 0.25) is 0 Å². The van der Waals surface area contributed by atoms with Crippen LogP contribution in [0.5, 0.6) is 0 Å². The zero-order chi connectivity index (χ0) is 41.5. The van der Waals surface area contributed by atoms with Crippen molar-refractivity contribution in [1.29, 1.82) is 0 Å². The Hall–Kier alpha value is -4.01. The molecule has 306 valence electrons. The van der Waals surface area contributed by atoms with Crippen molar-refractivity contribution in [2.45, 2.75) is 143 Å². The summed E-state index contributed by atoms with van der Waals surface area (Å²) in [5.41, 5.74) is -7.24. The average Bonchev–Trinajstić information content (AvgIpc) is 3.06. The number of amides is 2. The van der Waals surface area contributed by atoms with Gasteiger partial charge in [-0.1, -0.05) is 45.9 Å². The second-order valence-corrected chi connectivity index (χ2v) is 17.1. The number of ether oxygens (including phenoxy) is 4. The average molecular weight is 773 g/mol. The molecule has 0 aromatic carbocycles. The van der Waals surface area contributed by atoms with Gasteiger partial charge < -0.3 is 43.8 Å². The summed E-state index contributed by atoms with van der Waals surface area (Å²) >= 11 is 0. The first kappa shape index (κ1) is 43.7. The third-order valence-corrected chi connectivity index (χ3v) is 12.2. The van der Waals surface area contributed by atoms with Gasteiger partial charge in [0.1, 0.15) is 24.1 Å². The van der Waals surface area contributed by atoms with Gasteiger partial charge in [-0.15, -0.1) is 6.58 Å². The molecule has 0 radical (unpaired) electrons. The summed E-state index contributed by atoms with van der Waals surface area (Å²) in [5, 5.41) is 27.4. The maximum atomic E-state index is 14.2. The molecule has 3 unspecified atom stereocenters.